The van der Waals surface area contributed by atoms with Gasteiger partial charge in [0.25, 0.3) is 0 Å². The van der Waals surface area contributed by atoms with E-state index in [-0.39, 0.29) is 0 Å². The normalized spacial score (nSPS) is 19.4. The minimum absolute atomic E-state index is 0.290. The molecule has 0 aromatic heterocycles. The van der Waals surface area contributed by atoms with Crippen LogP contribution >= 0.6 is 0 Å². The molecular weight excluding hydrogens is 170 g/mol. The van der Waals surface area contributed by atoms with Crippen molar-refractivity contribution in [1.82, 2.24) is 5.32 Å². The molecule has 80 valence electrons. The number of terminal acetylenes is 1. The Hall–Kier alpha value is -0.480. The highest BCUT2D eigenvalue weighted by molar-refractivity contribution is 4.97. The Morgan fingerprint density at radius 3 is 2.71 bits per heavy atom. The van der Waals surface area contributed by atoms with Crippen molar-refractivity contribution in [3.8, 4) is 12.3 Å². The lowest BCUT2D eigenvalue weighted by Crippen LogP contribution is -2.27. The number of rotatable bonds is 6. The van der Waals surface area contributed by atoms with Gasteiger partial charge in [-0.25, -0.2) is 0 Å². The second-order valence-corrected chi connectivity index (χ2v) is 4.37. The molecule has 0 spiro atoms. The summed E-state index contributed by atoms with van der Waals surface area (Å²) in [5.74, 6) is 3.79. The summed E-state index contributed by atoms with van der Waals surface area (Å²) in [5.41, 5.74) is 0. The smallest absolute Gasteiger partial charge is 0.0684 e. The van der Waals surface area contributed by atoms with Crippen LogP contribution in [0.15, 0.2) is 0 Å². The first kappa shape index (κ1) is 11.6. The molecule has 1 saturated carbocycles. The van der Waals surface area contributed by atoms with Crippen molar-refractivity contribution in [2.75, 3.05) is 6.54 Å². The Morgan fingerprint density at radius 2 is 2.14 bits per heavy atom. The molecule has 1 aliphatic rings. The first-order valence-electron chi connectivity index (χ1n) is 6.06. The van der Waals surface area contributed by atoms with E-state index in [1.807, 2.05) is 0 Å². The van der Waals surface area contributed by atoms with Crippen LogP contribution in [0.3, 0.4) is 0 Å². The van der Waals surface area contributed by atoms with Crippen LogP contribution in [0.2, 0.25) is 0 Å². The highest BCUT2D eigenvalue weighted by Crippen LogP contribution is 2.28. The monoisotopic (exact) mass is 193 g/mol. The maximum absolute atomic E-state index is 5.38. The SMILES string of the molecule is C#CC(CC)NCCCC1CCCC1. The Bertz CT molecular complexity index is 174. The molecule has 0 aromatic carbocycles. The van der Waals surface area contributed by atoms with Crippen LogP contribution < -0.4 is 5.32 Å². The molecule has 1 heteroatoms. The van der Waals surface area contributed by atoms with Gasteiger partial charge in [0.15, 0.2) is 0 Å². The number of hydrogen-bond acceptors (Lipinski definition) is 1. The molecule has 1 fully saturated rings. The second kappa shape index (κ2) is 6.90. The van der Waals surface area contributed by atoms with Crippen molar-refractivity contribution in [2.45, 2.75) is 57.9 Å². The predicted octanol–water partition coefficient (Wildman–Crippen LogP) is 2.96. The molecule has 0 bridgehead atoms. The van der Waals surface area contributed by atoms with Gasteiger partial charge in [0, 0.05) is 0 Å². The molecule has 14 heavy (non-hydrogen) atoms. The Morgan fingerprint density at radius 1 is 1.43 bits per heavy atom. The van der Waals surface area contributed by atoms with Crippen molar-refractivity contribution >= 4 is 0 Å². The lowest BCUT2D eigenvalue weighted by atomic mass is 10.0. The van der Waals surface area contributed by atoms with Crippen molar-refractivity contribution < 1.29 is 0 Å². The highest BCUT2D eigenvalue weighted by atomic mass is 14.9. The van der Waals surface area contributed by atoms with Crippen LogP contribution in [0, 0.1) is 18.3 Å². The van der Waals surface area contributed by atoms with Gasteiger partial charge >= 0.3 is 0 Å². The van der Waals surface area contributed by atoms with Gasteiger partial charge in [-0.15, -0.1) is 6.42 Å². The maximum Gasteiger partial charge on any atom is 0.0684 e. The van der Waals surface area contributed by atoms with Crippen LogP contribution in [0.25, 0.3) is 0 Å². The summed E-state index contributed by atoms with van der Waals surface area (Å²) in [5, 5.41) is 3.41. The Kier molecular flexibility index (Phi) is 5.71. The molecule has 1 rings (SSSR count). The van der Waals surface area contributed by atoms with Crippen LogP contribution in [0.1, 0.15) is 51.9 Å². The molecule has 0 radical (unpaired) electrons. The third-order valence-corrected chi connectivity index (χ3v) is 3.26. The van der Waals surface area contributed by atoms with E-state index in [0.717, 1.165) is 18.9 Å². The Labute approximate surface area is 88.7 Å². The van der Waals surface area contributed by atoms with E-state index in [1.165, 1.54) is 38.5 Å². The van der Waals surface area contributed by atoms with Crippen LogP contribution in [-0.4, -0.2) is 12.6 Å². The van der Waals surface area contributed by atoms with E-state index in [4.69, 9.17) is 6.42 Å². The first-order chi connectivity index (χ1) is 6.86. The van der Waals surface area contributed by atoms with E-state index in [2.05, 4.69) is 18.2 Å². The molecule has 0 aliphatic heterocycles. The first-order valence-corrected chi connectivity index (χ1v) is 6.06. The fourth-order valence-corrected chi connectivity index (χ4v) is 2.29. The summed E-state index contributed by atoms with van der Waals surface area (Å²) in [7, 11) is 0. The van der Waals surface area contributed by atoms with E-state index >= 15 is 0 Å². The van der Waals surface area contributed by atoms with Gasteiger partial charge in [-0.3, -0.25) is 0 Å². The van der Waals surface area contributed by atoms with Gasteiger partial charge in [0.05, 0.1) is 6.04 Å². The van der Waals surface area contributed by atoms with Gasteiger partial charge in [-0.05, 0) is 31.7 Å². The molecule has 0 heterocycles. The van der Waals surface area contributed by atoms with Crippen LogP contribution in [0.5, 0.6) is 0 Å². The minimum atomic E-state index is 0.290. The molecular formula is C13H23N. The fourth-order valence-electron chi connectivity index (χ4n) is 2.29. The van der Waals surface area contributed by atoms with E-state index < -0.39 is 0 Å². The quantitative estimate of drug-likeness (QED) is 0.505. The predicted molar refractivity (Wildman–Crippen MR) is 62.1 cm³/mol. The zero-order valence-corrected chi connectivity index (χ0v) is 9.39. The summed E-state index contributed by atoms with van der Waals surface area (Å²) in [4.78, 5) is 0. The zero-order valence-electron chi connectivity index (χ0n) is 9.39. The van der Waals surface area contributed by atoms with E-state index in [1.54, 1.807) is 0 Å². The van der Waals surface area contributed by atoms with Crippen molar-refractivity contribution in [3.05, 3.63) is 0 Å². The molecule has 1 aliphatic carbocycles. The summed E-state index contributed by atoms with van der Waals surface area (Å²) in [6, 6.07) is 0.290. The second-order valence-electron chi connectivity index (χ2n) is 4.37. The highest BCUT2D eigenvalue weighted by Gasteiger charge is 2.13. The number of nitrogens with one attached hydrogen (secondary N) is 1. The fraction of sp³-hybridized carbons (Fsp3) is 0.846. The molecule has 0 saturated heterocycles. The van der Waals surface area contributed by atoms with Gasteiger partial charge in [0.2, 0.25) is 0 Å². The lowest BCUT2D eigenvalue weighted by Gasteiger charge is -2.12. The third kappa shape index (κ3) is 4.15. The van der Waals surface area contributed by atoms with E-state index in [9.17, 15) is 0 Å². The maximum atomic E-state index is 5.38. The molecule has 1 N–H and O–H groups in total. The number of hydrogen-bond donors (Lipinski definition) is 1. The molecule has 0 amide bonds. The lowest BCUT2D eigenvalue weighted by molar-refractivity contribution is 0.461. The van der Waals surface area contributed by atoms with Gasteiger partial charge in [-0.2, -0.15) is 0 Å². The molecule has 1 unspecified atom stereocenters. The molecule has 1 atom stereocenters. The van der Waals surface area contributed by atoms with Crippen LogP contribution in [-0.2, 0) is 0 Å². The molecule has 1 nitrogen and oxygen atoms in total. The van der Waals surface area contributed by atoms with Crippen molar-refractivity contribution in [3.63, 3.8) is 0 Å². The summed E-state index contributed by atoms with van der Waals surface area (Å²) >= 11 is 0. The van der Waals surface area contributed by atoms with Crippen LogP contribution in [0.4, 0.5) is 0 Å². The molecule has 0 aromatic rings. The largest absolute Gasteiger partial charge is 0.304 e. The average Bonchev–Trinajstić information content (AvgIpc) is 2.71. The van der Waals surface area contributed by atoms with Gasteiger partial charge < -0.3 is 5.32 Å². The average molecular weight is 193 g/mol. The van der Waals surface area contributed by atoms with Crippen molar-refractivity contribution in [2.24, 2.45) is 5.92 Å². The third-order valence-electron chi connectivity index (χ3n) is 3.26. The standard InChI is InChI=1S/C13H23N/c1-3-13(4-2)14-11-7-10-12-8-5-6-9-12/h1,12-14H,4-11H2,2H3. The zero-order chi connectivity index (χ0) is 10.2. The van der Waals surface area contributed by atoms with Gasteiger partial charge in [0.1, 0.15) is 0 Å². The summed E-state index contributed by atoms with van der Waals surface area (Å²) in [6.45, 7) is 3.23. The topological polar surface area (TPSA) is 12.0 Å². The Balaban J connectivity index is 1.96. The summed E-state index contributed by atoms with van der Waals surface area (Å²) in [6.07, 6.45) is 15.0. The van der Waals surface area contributed by atoms with E-state index in [0.29, 0.717) is 6.04 Å². The summed E-state index contributed by atoms with van der Waals surface area (Å²) < 4.78 is 0. The van der Waals surface area contributed by atoms with Gasteiger partial charge in [-0.1, -0.05) is 38.5 Å². The minimum Gasteiger partial charge on any atom is -0.304 e. The van der Waals surface area contributed by atoms with Crippen molar-refractivity contribution in [1.29, 1.82) is 0 Å².